The second kappa shape index (κ2) is 4.99. The summed E-state index contributed by atoms with van der Waals surface area (Å²) in [6, 6.07) is 4.52. The molecule has 1 fully saturated rings. The van der Waals surface area contributed by atoms with Crippen LogP contribution >= 0.6 is 0 Å². The van der Waals surface area contributed by atoms with Crippen molar-refractivity contribution in [2.75, 3.05) is 26.1 Å². The number of benzene rings is 1. The van der Waals surface area contributed by atoms with E-state index < -0.39 is 15.6 Å². The smallest absolute Gasteiger partial charge is 0.244 e. The van der Waals surface area contributed by atoms with Crippen molar-refractivity contribution in [3.8, 4) is 5.75 Å². The first-order chi connectivity index (χ1) is 8.86. The molecule has 19 heavy (non-hydrogen) atoms. The average molecular weight is 286 g/mol. The highest BCUT2D eigenvalue weighted by atomic mass is 32.2. The number of nitrogens with one attached hydrogen (secondary N) is 1. The Morgan fingerprint density at radius 3 is 2.79 bits per heavy atom. The first kappa shape index (κ1) is 14.1. The van der Waals surface area contributed by atoms with Crippen molar-refractivity contribution >= 4 is 15.7 Å². The highest BCUT2D eigenvalue weighted by molar-refractivity contribution is 7.89. The van der Waals surface area contributed by atoms with Crippen LogP contribution in [0, 0.1) is 0 Å². The Morgan fingerprint density at radius 1 is 1.47 bits per heavy atom. The predicted octanol–water partition coefficient (Wildman–Crippen LogP) is 0.735. The zero-order valence-electron chi connectivity index (χ0n) is 11.0. The van der Waals surface area contributed by atoms with Crippen LogP contribution in [0.3, 0.4) is 0 Å². The summed E-state index contributed by atoms with van der Waals surface area (Å²) in [5.41, 5.74) is 5.43. The molecule has 6 nitrogen and oxygen atoms in total. The van der Waals surface area contributed by atoms with Crippen molar-refractivity contribution < 1.29 is 17.9 Å². The highest BCUT2D eigenvalue weighted by Crippen LogP contribution is 2.28. The quantitative estimate of drug-likeness (QED) is 0.796. The lowest BCUT2D eigenvalue weighted by Crippen LogP contribution is -2.46. The minimum atomic E-state index is -3.70. The van der Waals surface area contributed by atoms with Crippen LogP contribution in [-0.2, 0) is 14.8 Å². The SMILES string of the molecule is COc1ccc(N)cc1S(=O)(=O)NC1(C)CCOC1. The molecule has 1 aromatic rings. The molecule has 1 saturated heterocycles. The minimum Gasteiger partial charge on any atom is -0.495 e. The van der Waals surface area contributed by atoms with Crippen LogP contribution in [0.5, 0.6) is 5.75 Å². The molecule has 3 N–H and O–H groups in total. The van der Waals surface area contributed by atoms with Crippen LogP contribution < -0.4 is 15.2 Å². The van der Waals surface area contributed by atoms with Gasteiger partial charge in [0, 0.05) is 12.3 Å². The molecule has 0 radical (unpaired) electrons. The molecule has 1 aromatic carbocycles. The first-order valence-corrected chi connectivity index (χ1v) is 7.40. The summed E-state index contributed by atoms with van der Waals surface area (Å²) in [6.45, 7) is 2.72. The molecule has 1 aliphatic heterocycles. The Hall–Kier alpha value is -1.31. The summed E-state index contributed by atoms with van der Waals surface area (Å²) < 4.78 is 37.8. The topological polar surface area (TPSA) is 90.7 Å². The van der Waals surface area contributed by atoms with Crippen LogP contribution in [0.1, 0.15) is 13.3 Å². The molecular formula is C12H18N2O4S. The van der Waals surface area contributed by atoms with E-state index in [0.717, 1.165) is 0 Å². The van der Waals surface area contributed by atoms with Crippen molar-refractivity contribution in [2.24, 2.45) is 0 Å². The van der Waals surface area contributed by atoms with E-state index in [9.17, 15) is 8.42 Å². The van der Waals surface area contributed by atoms with E-state index in [1.54, 1.807) is 6.07 Å². The van der Waals surface area contributed by atoms with E-state index >= 15 is 0 Å². The first-order valence-electron chi connectivity index (χ1n) is 5.92. The van der Waals surface area contributed by atoms with E-state index in [1.165, 1.54) is 19.2 Å². The summed E-state index contributed by atoms with van der Waals surface area (Å²) in [5, 5.41) is 0. The van der Waals surface area contributed by atoms with Crippen molar-refractivity contribution in [3.63, 3.8) is 0 Å². The van der Waals surface area contributed by atoms with Crippen molar-refractivity contribution in [1.29, 1.82) is 0 Å². The standard InChI is InChI=1S/C12H18N2O4S/c1-12(5-6-18-8-12)14-19(15,16)11-7-9(13)3-4-10(11)17-2/h3-4,7,14H,5-6,8,13H2,1-2H3. The van der Waals surface area contributed by atoms with Crippen LogP contribution in [0.25, 0.3) is 0 Å². The van der Waals surface area contributed by atoms with Gasteiger partial charge < -0.3 is 15.2 Å². The van der Waals surface area contributed by atoms with Gasteiger partial charge in [-0.25, -0.2) is 13.1 Å². The normalized spacial score (nSPS) is 23.5. The molecule has 0 aliphatic carbocycles. The van der Waals surface area contributed by atoms with Crippen molar-refractivity contribution in [3.05, 3.63) is 18.2 Å². The van der Waals surface area contributed by atoms with E-state index in [4.69, 9.17) is 15.2 Å². The van der Waals surface area contributed by atoms with E-state index in [2.05, 4.69) is 4.72 Å². The lowest BCUT2D eigenvalue weighted by molar-refractivity contribution is 0.178. The van der Waals surface area contributed by atoms with E-state index in [0.29, 0.717) is 25.3 Å². The third-order valence-corrected chi connectivity index (χ3v) is 4.74. The van der Waals surface area contributed by atoms with Crippen LogP contribution in [0.2, 0.25) is 0 Å². The number of hydrogen-bond donors (Lipinski definition) is 2. The van der Waals surface area contributed by atoms with E-state index in [1.807, 2.05) is 6.92 Å². The summed E-state index contributed by atoms with van der Waals surface area (Å²) in [5.74, 6) is 0.268. The van der Waals surface area contributed by atoms with Gasteiger partial charge in [-0.2, -0.15) is 0 Å². The summed E-state index contributed by atoms with van der Waals surface area (Å²) in [6.07, 6.45) is 0.636. The number of methoxy groups -OCH3 is 1. The fourth-order valence-electron chi connectivity index (χ4n) is 2.03. The Kier molecular flexibility index (Phi) is 3.71. The van der Waals surface area contributed by atoms with Gasteiger partial charge in [-0.15, -0.1) is 0 Å². The van der Waals surface area contributed by atoms with Crippen LogP contribution in [-0.4, -0.2) is 34.3 Å². The zero-order valence-corrected chi connectivity index (χ0v) is 11.8. The van der Waals surface area contributed by atoms with E-state index in [-0.39, 0.29) is 10.6 Å². The van der Waals surface area contributed by atoms with Crippen LogP contribution in [0.15, 0.2) is 23.1 Å². The van der Waals surface area contributed by atoms with Crippen molar-refractivity contribution in [2.45, 2.75) is 23.8 Å². The molecule has 106 valence electrons. The number of sulfonamides is 1. The molecule has 0 saturated carbocycles. The molecule has 0 bridgehead atoms. The molecule has 1 heterocycles. The number of hydrogen-bond acceptors (Lipinski definition) is 5. The zero-order chi connectivity index (χ0) is 14.1. The summed E-state index contributed by atoms with van der Waals surface area (Å²) in [4.78, 5) is 0.0446. The Labute approximate surface area is 112 Å². The maximum Gasteiger partial charge on any atom is 0.244 e. The molecule has 0 spiro atoms. The van der Waals surface area contributed by atoms with Crippen molar-refractivity contribution in [1.82, 2.24) is 4.72 Å². The monoisotopic (exact) mass is 286 g/mol. The van der Waals surface area contributed by atoms with Gasteiger partial charge in [0.25, 0.3) is 0 Å². The fraction of sp³-hybridized carbons (Fsp3) is 0.500. The fourth-order valence-corrected chi connectivity index (χ4v) is 3.66. The summed E-state index contributed by atoms with van der Waals surface area (Å²) in [7, 11) is -2.28. The third kappa shape index (κ3) is 2.99. The third-order valence-electron chi connectivity index (χ3n) is 3.08. The molecule has 2 rings (SSSR count). The van der Waals surface area contributed by atoms with Gasteiger partial charge in [0.1, 0.15) is 10.6 Å². The van der Waals surface area contributed by atoms with Gasteiger partial charge in [0.2, 0.25) is 10.0 Å². The average Bonchev–Trinajstić information content (AvgIpc) is 2.74. The Bertz CT molecular complexity index is 565. The van der Waals surface area contributed by atoms with Crippen LogP contribution in [0.4, 0.5) is 5.69 Å². The molecule has 7 heteroatoms. The second-order valence-electron chi connectivity index (χ2n) is 4.88. The molecular weight excluding hydrogens is 268 g/mol. The Morgan fingerprint density at radius 2 is 2.21 bits per heavy atom. The second-order valence-corrected chi connectivity index (χ2v) is 6.53. The minimum absolute atomic E-state index is 0.0446. The van der Waals surface area contributed by atoms with Gasteiger partial charge in [-0.3, -0.25) is 0 Å². The molecule has 1 unspecified atom stereocenters. The number of ether oxygens (including phenoxy) is 2. The highest BCUT2D eigenvalue weighted by Gasteiger charge is 2.35. The van der Waals surface area contributed by atoms with Gasteiger partial charge in [-0.1, -0.05) is 0 Å². The maximum atomic E-state index is 12.4. The van der Waals surface area contributed by atoms with Gasteiger partial charge in [0.15, 0.2) is 0 Å². The maximum absolute atomic E-state index is 12.4. The number of nitrogens with two attached hydrogens (primary N) is 1. The molecule has 1 atom stereocenters. The molecule has 0 amide bonds. The number of rotatable bonds is 4. The molecule has 0 aromatic heterocycles. The lowest BCUT2D eigenvalue weighted by Gasteiger charge is -2.23. The predicted molar refractivity (Wildman–Crippen MR) is 71.6 cm³/mol. The number of nitrogen functional groups attached to an aromatic ring is 1. The number of anilines is 1. The Balaban J connectivity index is 2.36. The van der Waals surface area contributed by atoms with Gasteiger partial charge in [0.05, 0.1) is 19.3 Å². The largest absolute Gasteiger partial charge is 0.495 e. The molecule has 1 aliphatic rings. The summed E-state index contributed by atoms with van der Waals surface area (Å²) >= 11 is 0. The van der Waals surface area contributed by atoms with Gasteiger partial charge >= 0.3 is 0 Å². The van der Waals surface area contributed by atoms with Gasteiger partial charge in [-0.05, 0) is 31.5 Å². The lowest BCUT2D eigenvalue weighted by atomic mass is 10.0.